The molecule has 0 radical (unpaired) electrons. The summed E-state index contributed by atoms with van der Waals surface area (Å²) in [6.45, 7) is 0. The van der Waals surface area contributed by atoms with E-state index < -0.39 is 0 Å². The molecule has 0 atom stereocenters. The lowest BCUT2D eigenvalue weighted by Gasteiger charge is -2.04. The second kappa shape index (κ2) is 3.23. The fraction of sp³-hybridized carbons (Fsp3) is 0. The molecule has 0 aliphatic heterocycles. The van der Waals surface area contributed by atoms with Crippen LogP contribution in [0.1, 0.15) is 5.56 Å². The zero-order chi connectivity index (χ0) is 9.97. The van der Waals surface area contributed by atoms with E-state index in [9.17, 15) is 0 Å². The highest BCUT2D eigenvalue weighted by molar-refractivity contribution is 5.57. The van der Waals surface area contributed by atoms with Gasteiger partial charge in [-0.3, -0.25) is 0 Å². The maximum Gasteiger partial charge on any atom is 0.101 e. The first-order valence-electron chi connectivity index (χ1n) is 4.09. The first kappa shape index (κ1) is 8.32. The largest absolute Gasteiger partial charge is 0.399 e. The van der Waals surface area contributed by atoms with Gasteiger partial charge in [0.15, 0.2) is 0 Å². The molecule has 0 saturated carbocycles. The summed E-state index contributed by atoms with van der Waals surface area (Å²) in [5.41, 5.74) is 7.61. The van der Waals surface area contributed by atoms with Gasteiger partial charge in [-0.15, -0.1) is 0 Å². The molecule has 0 amide bonds. The highest BCUT2D eigenvalue weighted by Crippen LogP contribution is 2.16. The first-order chi connectivity index (χ1) is 6.81. The fourth-order valence-electron chi connectivity index (χ4n) is 1.26. The van der Waals surface area contributed by atoms with E-state index in [1.54, 1.807) is 41.5 Å². The van der Waals surface area contributed by atoms with Crippen molar-refractivity contribution in [3.05, 3.63) is 42.5 Å². The van der Waals surface area contributed by atoms with Crippen LogP contribution in [0.2, 0.25) is 0 Å². The summed E-state index contributed by atoms with van der Waals surface area (Å²) in [4.78, 5) is 3.92. The van der Waals surface area contributed by atoms with Crippen LogP contribution in [0.4, 0.5) is 5.69 Å². The number of imidazole rings is 1. The minimum absolute atomic E-state index is 0.581. The molecule has 1 aromatic heterocycles. The molecule has 1 heterocycles. The number of aromatic nitrogens is 2. The number of nitriles is 1. The van der Waals surface area contributed by atoms with Crippen LogP contribution in [0.5, 0.6) is 0 Å². The van der Waals surface area contributed by atoms with Gasteiger partial charge >= 0.3 is 0 Å². The predicted molar refractivity (Wildman–Crippen MR) is 52.7 cm³/mol. The highest BCUT2D eigenvalue weighted by Gasteiger charge is 2.03. The Labute approximate surface area is 81.2 Å². The van der Waals surface area contributed by atoms with Gasteiger partial charge in [0.25, 0.3) is 0 Å². The van der Waals surface area contributed by atoms with Crippen LogP contribution in [0.15, 0.2) is 36.9 Å². The third kappa shape index (κ3) is 1.31. The van der Waals surface area contributed by atoms with Crippen LogP contribution in [0.3, 0.4) is 0 Å². The Morgan fingerprint density at radius 3 is 2.93 bits per heavy atom. The van der Waals surface area contributed by atoms with Gasteiger partial charge in [-0.2, -0.15) is 5.26 Å². The van der Waals surface area contributed by atoms with Gasteiger partial charge in [0.05, 0.1) is 17.6 Å². The molecule has 68 valence electrons. The molecule has 0 spiro atoms. The molecule has 2 aromatic rings. The zero-order valence-corrected chi connectivity index (χ0v) is 7.38. The van der Waals surface area contributed by atoms with E-state index in [4.69, 9.17) is 11.0 Å². The highest BCUT2D eigenvalue weighted by atomic mass is 15.0. The van der Waals surface area contributed by atoms with E-state index in [2.05, 4.69) is 11.1 Å². The normalized spacial score (nSPS) is 9.64. The van der Waals surface area contributed by atoms with Crippen LogP contribution in [-0.4, -0.2) is 9.55 Å². The lowest BCUT2D eigenvalue weighted by molar-refractivity contribution is 1.05. The number of benzene rings is 1. The Balaban J connectivity index is 2.63. The number of anilines is 1. The van der Waals surface area contributed by atoms with Crippen LogP contribution in [0, 0.1) is 11.3 Å². The molecule has 14 heavy (non-hydrogen) atoms. The molecule has 0 unspecified atom stereocenters. The average molecular weight is 184 g/mol. The maximum atomic E-state index is 8.88. The number of rotatable bonds is 1. The third-order valence-electron chi connectivity index (χ3n) is 1.92. The Morgan fingerprint density at radius 2 is 2.29 bits per heavy atom. The van der Waals surface area contributed by atoms with Crippen molar-refractivity contribution >= 4 is 5.69 Å². The lowest BCUT2D eigenvalue weighted by atomic mass is 10.2. The van der Waals surface area contributed by atoms with Crippen molar-refractivity contribution in [2.75, 3.05) is 5.73 Å². The first-order valence-corrected chi connectivity index (χ1v) is 4.09. The van der Waals surface area contributed by atoms with E-state index in [1.807, 2.05) is 0 Å². The summed E-state index contributed by atoms with van der Waals surface area (Å²) in [7, 11) is 0. The van der Waals surface area contributed by atoms with Crippen molar-refractivity contribution in [1.82, 2.24) is 9.55 Å². The molecule has 0 aliphatic rings. The smallest absolute Gasteiger partial charge is 0.101 e. The van der Waals surface area contributed by atoms with Gasteiger partial charge in [-0.1, -0.05) is 0 Å². The number of hydrogen-bond donors (Lipinski definition) is 1. The fourth-order valence-corrected chi connectivity index (χ4v) is 1.26. The number of nitrogens with zero attached hydrogens (tertiary/aromatic N) is 3. The van der Waals surface area contributed by atoms with E-state index >= 15 is 0 Å². The average Bonchev–Trinajstić information content (AvgIpc) is 2.70. The maximum absolute atomic E-state index is 8.88. The number of nitrogens with two attached hydrogens (primary N) is 1. The SMILES string of the molecule is N#Cc1ccc(N)cc1-n1ccnc1. The summed E-state index contributed by atoms with van der Waals surface area (Å²) in [5, 5.41) is 8.88. The van der Waals surface area contributed by atoms with Gasteiger partial charge in [-0.05, 0) is 18.2 Å². The molecule has 0 fully saturated rings. The second-order valence-electron chi connectivity index (χ2n) is 2.86. The van der Waals surface area contributed by atoms with Crippen LogP contribution in [0.25, 0.3) is 5.69 Å². The van der Waals surface area contributed by atoms with Gasteiger partial charge in [0, 0.05) is 18.1 Å². The topological polar surface area (TPSA) is 67.6 Å². The molecule has 0 saturated heterocycles. The van der Waals surface area contributed by atoms with Crippen molar-refractivity contribution in [1.29, 1.82) is 5.26 Å². The molecule has 1 aromatic carbocycles. The summed E-state index contributed by atoms with van der Waals surface area (Å²) in [6, 6.07) is 7.26. The summed E-state index contributed by atoms with van der Waals surface area (Å²) in [6.07, 6.45) is 5.07. The summed E-state index contributed by atoms with van der Waals surface area (Å²) in [5.74, 6) is 0. The van der Waals surface area contributed by atoms with Crippen molar-refractivity contribution in [3.63, 3.8) is 0 Å². The summed E-state index contributed by atoms with van der Waals surface area (Å²) < 4.78 is 1.76. The quantitative estimate of drug-likeness (QED) is 0.680. The number of hydrogen-bond acceptors (Lipinski definition) is 3. The summed E-state index contributed by atoms with van der Waals surface area (Å²) >= 11 is 0. The van der Waals surface area contributed by atoms with Crippen molar-refractivity contribution in [2.45, 2.75) is 0 Å². The Hall–Kier alpha value is -2.28. The van der Waals surface area contributed by atoms with E-state index in [-0.39, 0.29) is 0 Å². The molecule has 0 bridgehead atoms. The molecular formula is C10H8N4. The molecule has 4 heteroatoms. The number of nitrogen functional groups attached to an aromatic ring is 1. The predicted octanol–water partition coefficient (Wildman–Crippen LogP) is 1.33. The van der Waals surface area contributed by atoms with Crippen molar-refractivity contribution < 1.29 is 0 Å². The second-order valence-corrected chi connectivity index (χ2v) is 2.86. The van der Waals surface area contributed by atoms with Crippen LogP contribution in [-0.2, 0) is 0 Å². The van der Waals surface area contributed by atoms with E-state index in [0.29, 0.717) is 11.3 Å². The zero-order valence-electron chi connectivity index (χ0n) is 7.38. The van der Waals surface area contributed by atoms with E-state index in [1.165, 1.54) is 0 Å². The van der Waals surface area contributed by atoms with E-state index in [0.717, 1.165) is 5.69 Å². The Kier molecular flexibility index (Phi) is 1.92. The molecule has 2 rings (SSSR count). The van der Waals surface area contributed by atoms with Crippen LogP contribution < -0.4 is 5.73 Å². The minimum atomic E-state index is 0.581. The monoisotopic (exact) mass is 184 g/mol. The molecule has 2 N–H and O–H groups in total. The Morgan fingerprint density at radius 1 is 1.43 bits per heavy atom. The Bertz CT molecular complexity index is 479. The standard InChI is InChI=1S/C10H8N4/c11-6-8-1-2-9(12)5-10(8)14-4-3-13-7-14/h1-5,7H,12H2. The van der Waals surface area contributed by atoms with Gasteiger partial charge in [-0.25, -0.2) is 4.98 Å². The van der Waals surface area contributed by atoms with Crippen molar-refractivity contribution in [2.24, 2.45) is 0 Å². The van der Waals surface area contributed by atoms with Crippen molar-refractivity contribution in [3.8, 4) is 11.8 Å². The van der Waals surface area contributed by atoms with Crippen LogP contribution >= 0.6 is 0 Å². The van der Waals surface area contributed by atoms with Gasteiger partial charge < -0.3 is 10.3 Å². The molecule has 4 nitrogen and oxygen atoms in total. The third-order valence-corrected chi connectivity index (χ3v) is 1.92. The molecule has 0 aliphatic carbocycles. The molecular weight excluding hydrogens is 176 g/mol. The minimum Gasteiger partial charge on any atom is -0.399 e. The van der Waals surface area contributed by atoms with Gasteiger partial charge in [0.1, 0.15) is 6.07 Å². The van der Waals surface area contributed by atoms with Gasteiger partial charge in [0.2, 0.25) is 0 Å². The lowest BCUT2D eigenvalue weighted by Crippen LogP contribution is -1.96.